The third-order valence-corrected chi connectivity index (χ3v) is 3.00. The van der Waals surface area contributed by atoms with Crippen LogP contribution in [0.3, 0.4) is 0 Å². The van der Waals surface area contributed by atoms with Crippen LogP contribution in [0.2, 0.25) is 0 Å². The van der Waals surface area contributed by atoms with Gasteiger partial charge in [0.05, 0.1) is 5.56 Å². The molecule has 4 heteroatoms. The minimum Gasteiger partial charge on any atom is -0.365 e. The molecule has 0 radical (unpaired) electrons. The number of amides is 1. The summed E-state index contributed by atoms with van der Waals surface area (Å²) in [7, 11) is 0. The summed E-state index contributed by atoms with van der Waals surface area (Å²) in [6.07, 6.45) is 1.64. The smallest absolute Gasteiger partial charge is 0.252 e. The first-order chi connectivity index (χ1) is 9.08. The van der Waals surface area contributed by atoms with Gasteiger partial charge in [-0.15, -0.1) is 0 Å². The van der Waals surface area contributed by atoms with E-state index in [1.165, 1.54) is 5.56 Å². The molecule has 0 aliphatic heterocycles. The first-order valence-corrected chi connectivity index (χ1v) is 6.16. The first kappa shape index (κ1) is 13.1. The van der Waals surface area contributed by atoms with Crippen molar-refractivity contribution in [1.29, 1.82) is 0 Å². The minimum atomic E-state index is -0.480. The maximum absolute atomic E-state index is 11.3. The third-order valence-electron chi connectivity index (χ3n) is 3.00. The Labute approximate surface area is 112 Å². The number of carbonyl (C=O) groups is 1. The van der Waals surface area contributed by atoms with E-state index in [2.05, 4.69) is 34.6 Å². The summed E-state index contributed by atoms with van der Waals surface area (Å²) in [5, 5.41) is 3.22. The Balaban J connectivity index is 2.21. The average Bonchev–Trinajstić information content (AvgIpc) is 2.39. The molecule has 1 aromatic heterocycles. The van der Waals surface area contributed by atoms with Crippen LogP contribution in [0.4, 0.5) is 5.82 Å². The molecular formula is C15H17N3O. The molecule has 98 valence electrons. The second kappa shape index (κ2) is 5.52. The van der Waals surface area contributed by atoms with Gasteiger partial charge in [-0.2, -0.15) is 0 Å². The van der Waals surface area contributed by atoms with E-state index in [4.69, 9.17) is 5.73 Å². The summed E-state index contributed by atoms with van der Waals surface area (Å²) in [6, 6.07) is 11.6. The number of rotatable bonds is 4. The van der Waals surface area contributed by atoms with Gasteiger partial charge >= 0.3 is 0 Å². The highest BCUT2D eigenvalue weighted by Gasteiger charge is 2.12. The number of benzene rings is 1. The number of carbonyl (C=O) groups excluding carboxylic acids is 1. The van der Waals surface area contributed by atoms with Crippen molar-refractivity contribution in [3.8, 4) is 0 Å². The molecule has 1 amide bonds. The largest absolute Gasteiger partial charge is 0.365 e. The van der Waals surface area contributed by atoms with Crippen LogP contribution in [0, 0.1) is 6.92 Å². The zero-order chi connectivity index (χ0) is 13.8. The zero-order valence-corrected chi connectivity index (χ0v) is 11.1. The molecule has 0 aliphatic rings. The summed E-state index contributed by atoms with van der Waals surface area (Å²) in [6.45, 7) is 4.07. The lowest BCUT2D eigenvalue weighted by atomic mass is 10.1. The number of nitrogens with two attached hydrogens (primary N) is 1. The molecule has 2 rings (SSSR count). The van der Waals surface area contributed by atoms with Gasteiger partial charge in [-0.3, -0.25) is 4.79 Å². The van der Waals surface area contributed by atoms with Crippen molar-refractivity contribution in [3.05, 3.63) is 59.3 Å². The molecule has 0 saturated carbocycles. The van der Waals surface area contributed by atoms with E-state index >= 15 is 0 Å². The highest BCUT2D eigenvalue weighted by Crippen LogP contribution is 2.20. The Morgan fingerprint density at radius 1 is 1.26 bits per heavy atom. The summed E-state index contributed by atoms with van der Waals surface area (Å²) < 4.78 is 0. The van der Waals surface area contributed by atoms with Crippen LogP contribution in [0.5, 0.6) is 0 Å². The molecule has 0 fully saturated rings. The van der Waals surface area contributed by atoms with Gasteiger partial charge in [0.25, 0.3) is 5.91 Å². The number of pyridine rings is 1. The quantitative estimate of drug-likeness (QED) is 0.882. The lowest BCUT2D eigenvalue weighted by Gasteiger charge is -2.16. The summed E-state index contributed by atoms with van der Waals surface area (Å²) in [5.41, 5.74) is 8.08. The van der Waals surface area contributed by atoms with Crippen molar-refractivity contribution in [2.24, 2.45) is 5.73 Å². The van der Waals surface area contributed by atoms with Crippen molar-refractivity contribution < 1.29 is 4.79 Å². The Morgan fingerprint density at radius 2 is 1.95 bits per heavy atom. The fraction of sp³-hybridized carbons (Fsp3) is 0.200. The molecule has 1 heterocycles. The van der Waals surface area contributed by atoms with Crippen molar-refractivity contribution in [2.75, 3.05) is 5.32 Å². The maximum atomic E-state index is 11.3. The van der Waals surface area contributed by atoms with Crippen LogP contribution in [-0.2, 0) is 0 Å². The van der Waals surface area contributed by atoms with Gasteiger partial charge in [0.2, 0.25) is 0 Å². The predicted molar refractivity (Wildman–Crippen MR) is 76.0 cm³/mol. The lowest BCUT2D eigenvalue weighted by molar-refractivity contribution is 0.100. The molecule has 4 nitrogen and oxygen atoms in total. The monoisotopic (exact) mass is 255 g/mol. The predicted octanol–water partition coefficient (Wildman–Crippen LogP) is 2.66. The van der Waals surface area contributed by atoms with E-state index in [0.717, 1.165) is 5.56 Å². The van der Waals surface area contributed by atoms with E-state index in [0.29, 0.717) is 11.4 Å². The molecule has 2 aromatic rings. The number of aromatic nitrogens is 1. The SMILES string of the molecule is Cc1ccc(C(C)Nc2ncccc2C(N)=O)cc1. The van der Waals surface area contributed by atoms with Crippen molar-refractivity contribution in [1.82, 2.24) is 4.98 Å². The van der Waals surface area contributed by atoms with Gasteiger partial charge in [0.15, 0.2) is 0 Å². The molecule has 1 unspecified atom stereocenters. The van der Waals surface area contributed by atoms with Crippen LogP contribution in [0.1, 0.15) is 34.5 Å². The second-order valence-electron chi connectivity index (χ2n) is 4.54. The van der Waals surface area contributed by atoms with E-state index < -0.39 is 5.91 Å². The van der Waals surface area contributed by atoms with Crippen LogP contribution in [0.25, 0.3) is 0 Å². The molecule has 3 N–H and O–H groups in total. The number of nitrogens with zero attached hydrogens (tertiary/aromatic N) is 1. The molecule has 0 aliphatic carbocycles. The summed E-state index contributed by atoms with van der Waals surface area (Å²) >= 11 is 0. The first-order valence-electron chi connectivity index (χ1n) is 6.16. The highest BCUT2D eigenvalue weighted by atomic mass is 16.1. The van der Waals surface area contributed by atoms with Crippen LogP contribution >= 0.6 is 0 Å². The van der Waals surface area contributed by atoms with Gasteiger partial charge in [-0.05, 0) is 31.5 Å². The van der Waals surface area contributed by atoms with Gasteiger partial charge in [0.1, 0.15) is 5.82 Å². The molecular weight excluding hydrogens is 238 g/mol. The van der Waals surface area contributed by atoms with Crippen molar-refractivity contribution in [2.45, 2.75) is 19.9 Å². The van der Waals surface area contributed by atoms with Crippen molar-refractivity contribution in [3.63, 3.8) is 0 Å². The van der Waals surface area contributed by atoms with Crippen LogP contribution < -0.4 is 11.1 Å². The second-order valence-corrected chi connectivity index (χ2v) is 4.54. The number of nitrogens with one attached hydrogen (secondary N) is 1. The Hall–Kier alpha value is -2.36. The van der Waals surface area contributed by atoms with E-state index in [9.17, 15) is 4.79 Å². The van der Waals surface area contributed by atoms with Crippen LogP contribution in [0.15, 0.2) is 42.6 Å². The maximum Gasteiger partial charge on any atom is 0.252 e. The average molecular weight is 255 g/mol. The Kier molecular flexibility index (Phi) is 3.80. The molecule has 0 saturated heterocycles. The van der Waals surface area contributed by atoms with E-state index in [1.807, 2.05) is 13.8 Å². The lowest BCUT2D eigenvalue weighted by Crippen LogP contribution is -2.17. The standard InChI is InChI=1S/C15H17N3O/c1-10-5-7-12(8-6-10)11(2)18-15-13(14(16)19)4-3-9-17-15/h3-9,11H,1-2H3,(H2,16,19)(H,17,18). The fourth-order valence-corrected chi connectivity index (χ4v) is 1.86. The number of hydrogen-bond acceptors (Lipinski definition) is 3. The zero-order valence-electron chi connectivity index (χ0n) is 11.1. The molecule has 1 aromatic carbocycles. The van der Waals surface area contributed by atoms with Gasteiger partial charge in [-0.1, -0.05) is 29.8 Å². The topological polar surface area (TPSA) is 68.0 Å². The van der Waals surface area contributed by atoms with Crippen molar-refractivity contribution >= 4 is 11.7 Å². The number of primary amides is 1. The fourth-order valence-electron chi connectivity index (χ4n) is 1.86. The number of anilines is 1. The normalized spacial score (nSPS) is 11.9. The Bertz CT molecular complexity index is 578. The van der Waals surface area contributed by atoms with Gasteiger partial charge < -0.3 is 11.1 Å². The molecule has 0 bridgehead atoms. The summed E-state index contributed by atoms with van der Waals surface area (Å²) in [4.78, 5) is 15.5. The molecule has 0 spiro atoms. The number of aryl methyl sites for hydroxylation is 1. The molecule has 1 atom stereocenters. The Morgan fingerprint density at radius 3 is 2.58 bits per heavy atom. The summed E-state index contributed by atoms with van der Waals surface area (Å²) in [5.74, 6) is 0.0368. The van der Waals surface area contributed by atoms with E-state index in [-0.39, 0.29) is 6.04 Å². The molecule has 19 heavy (non-hydrogen) atoms. The van der Waals surface area contributed by atoms with Gasteiger partial charge in [-0.25, -0.2) is 4.98 Å². The minimum absolute atomic E-state index is 0.0496. The number of hydrogen-bond donors (Lipinski definition) is 2. The van der Waals surface area contributed by atoms with Gasteiger partial charge in [0, 0.05) is 12.2 Å². The highest BCUT2D eigenvalue weighted by molar-refractivity contribution is 5.97. The van der Waals surface area contributed by atoms with E-state index in [1.54, 1.807) is 18.3 Å². The third kappa shape index (κ3) is 3.10. The van der Waals surface area contributed by atoms with Crippen LogP contribution in [-0.4, -0.2) is 10.9 Å².